The van der Waals surface area contributed by atoms with E-state index < -0.39 is 24.0 Å². The summed E-state index contributed by atoms with van der Waals surface area (Å²) in [7, 11) is 0. The van der Waals surface area contributed by atoms with E-state index in [4.69, 9.17) is 15.8 Å². The van der Waals surface area contributed by atoms with Crippen molar-refractivity contribution in [1.82, 2.24) is 0 Å². The Labute approximate surface area is 156 Å². The van der Waals surface area contributed by atoms with E-state index in [1.807, 2.05) is 0 Å². The summed E-state index contributed by atoms with van der Waals surface area (Å²) in [4.78, 5) is 30.0. The monoisotopic (exact) mass is 414 g/mol. The summed E-state index contributed by atoms with van der Waals surface area (Å²) in [5, 5.41) is 6.65. The van der Waals surface area contributed by atoms with Crippen LogP contribution in [0.2, 0.25) is 0 Å². The SMILES string of the molecule is [N-]=[N+]=NC(COC(=O)c1ccc(Br)cc1)(N=[N+]=[N-])C(=O)c1ccccc1. The van der Waals surface area contributed by atoms with Crippen LogP contribution in [0, 0.1) is 0 Å². The fourth-order valence-corrected chi connectivity index (χ4v) is 2.30. The summed E-state index contributed by atoms with van der Waals surface area (Å²) in [6, 6.07) is 14.1. The summed E-state index contributed by atoms with van der Waals surface area (Å²) < 4.78 is 5.85. The van der Waals surface area contributed by atoms with Gasteiger partial charge in [0, 0.05) is 19.9 Å². The predicted molar refractivity (Wildman–Crippen MR) is 96.2 cm³/mol. The van der Waals surface area contributed by atoms with Crippen LogP contribution in [-0.4, -0.2) is 24.0 Å². The molecule has 0 bridgehead atoms. The third-order valence-electron chi connectivity index (χ3n) is 3.30. The molecule has 130 valence electrons. The summed E-state index contributed by atoms with van der Waals surface area (Å²) >= 11 is 3.24. The van der Waals surface area contributed by atoms with Crippen LogP contribution < -0.4 is 0 Å². The first kappa shape index (κ1) is 19.0. The van der Waals surface area contributed by atoms with Gasteiger partial charge in [0.25, 0.3) is 0 Å². The molecule has 0 amide bonds. The van der Waals surface area contributed by atoms with E-state index in [2.05, 4.69) is 36.0 Å². The minimum atomic E-state index is -2.25. The Kier molecular flexibility index (Phi) is 6.35. The minimum absolute atomic E-state index is 0.145. The van der Waals surface area contributed by atoms with E-state index in [-0.39, 0.29) is 11.1 Å². The first-order valence-electron chi connectivity index (χ1n) is 7.17. The van der Waals surface area contributed by atoms with Gasteiger partial charge in [-0.05, 0) is 35.3 Å². The Hall–Kier alpha value is -3.32. The number of carbonyl (C=O) groups excluding carboxylic acids is 2. The maximum atomic E-state index is 12.7. The zero-order chi connectivity index (χ0) is 19.0. The summed E-state index contributed by atoms with van der Waals surface area (Å²) in [6.45, 7) is -0.732. The van der Waals surface area contributed by atoms with Gasteiger partial charge in [-0.3, -0.25) is 4.79 Å². The van der Waals surface area contributed by atoms with E-state index in [1.54, 1.807) is 30.3 Å². The second kappa shape index (κ2) is 8.68. The van der Waals surface area contributed by atoms with Gasteiger partial charge >= 0.3 is 5.97 Å². The fraction of sp³-hybridized carbons (Fsp3) is 0.125. The van der Waals surface area contributed by atoms with Crippen molar-refractivity contribution in [2.24, 2.45) is 10.2 Å². The number of hydrogen-bond donors (Lipinski definition) is 0. The Morgan fingerprint density at radius 3 is 2.08 bits per heavy atom. The highest BCUT2D eigenvalue weighted by molar-refractivity contribution is 9.10. The summed E-state index contributed by atoms with van der Waals surface area (Å²) in [5.74, 6) is -1.54. The molecule has 0 aliphatic carbocycles. The lowest BCUT2D eigenvalue weighted by Gasteiger charge is -2.21. The molecule has 0 fully saturated rings. The Morgan fingerprint density at radius 1 is 0.962 bits per heavy atom. The van der Waals surface area contributed by atoms with Crippen LogP contribution in [0.25, 0.3) is 20.9 Å². The lowest BCUT2D eigenvalue weighted by atomic mass is 10.00. The number of Topliss-reactive ketones (excluding diaryl/α,β-unsaturated/α-hetero) is 1. The predicted octanol–water partition coefficient (Wildman–Crippen LogP) is 4.81. The van der Waals surface area contributed by atoms with Gasteiger partial charge in [-0.15, -0.1) is 0 Å². The molecule has 2 aromatic rings. The van der Waals surface area contributed by atoms with Gasteiger partial charge in [0.1, 0.15) is 6.61 Å². The standard InChI is InChI=1S/C16H11BrN6O3/c17-13-8-6-12(7-9-13)15(25)26-10-16(20-22-18,21-23-19)14(24)11-4-2-1-3-5-11/h1-9H,10H2. The highest BCUT2D eigenvalue weighted by atomic mass is 79.9. The molecule has 0 spiro atoms. The van der Waals surface area contributed by atoms with E-state index in [9.17, 15) is 9.59 Å². The summed E-state index contributed by atoms with van der Waals surface area (Å²) in [6.07, 6.45) is 0. The molecule has 9 nitrogen and oxygen atoms in total. The molecular formula is C16H11BrN6O3. The summed E-state index contributed by atoms with van der Waals surface area (Å²) in [5.41, 5.74) is 15.7. The van der Waals surface area contributed by atoms with Crippen molar-refractivity contribution in [3.63, 3.8) is 0 Å². The maximum Gasteiger partial charge on any atom is 0.338 e. The maximum absolute atomic E-state index is 12.7. The number of rotatable bonds is 7. The van der Waals surface area contributed by atoms with Crippen LogP contribution in [-0.2, 0) is 4.74 Å². The number of esters is 1. The third-order valence-corrected chi connectivity index (χ3v) is 3.83. The number of hydrogen-bond acceptors (Lipinski definition) is 5. The zero-order valence-corrected chi connectivity index (χ0v) is 14.8. The number of halogens is 1. The molecule has 0 N–H and O–H groups in total. The van der Waals surface area contributed by atoms with Gasteiger partial charge in [-0.1, -0.05) is 56.5 Å². The molecular weight excluding hydrogens is 404 g/mol. The first-order valence-corrected chi connectivity index (χ1v) is 7.97. The zero-order valence-electron chi connectivity index (χ0n) is 13.2. The van der Waals surface area contributed by atoms with Crippen LogP contribution in [0.4, 0.5) is 0 Å². The van der Waals surface area contributed by atoms with Gasteiger partial charge in [-0.25, -0.2) is 4.79 Å². The van der Waals surface area contributed by atoms with Crippen LogP contribution in [0.3, 0.4) is 0 Å². The van der Waals surface area contributed by atoms with Crippen molar-refractivity contribution < 1.29 is 14.3 Å². The lowest BCUT2D eigenvalue weighted by Crippen LogP contribution is -2.39. The van der Waals surface area contributed by atoms with Crippen molar-refractivity contribution in [2.75, 3.05) is 6.61 Å². The number of benzene rings is 2. The largest absolute Gasteiger partial charge is 0.461 e. The van der Waals surface area contributed by atoms with Gasteiger partial charge < -0.3 is 4.74 Å². The number of nitrogens with zero attached hydrogens (tertiary/aromatic N) is 6. The molecule has 10 heteroatoms. The molecule has 26 heavy (non-hydrogen) atoms. The molecule has 0 saturated carbocycles. The van der Waals surface area contributed by atoms with Crippen molar-refractivity contribution in [3.8, 4) is 0 Å². The molecule has 0 saturated heterocycles. The Morgan fingerprint density at radius 2 is 1.54 bits per heavy atom. The molecule has 0 heterocycles. The molecule has 0 atom stereocenters. The Balaban J connectivity index is 2.31. The van der Waals surface area contributed by atoms with Gasteiger partial charge in [0.15, 0.2) is 5.78 Å². The number of azide groups is 1. The Bertz CT molecular complexity index is 885. The molecule has 0 aliphatic heterocycles. The normalized spacial score (nSPS) is 12.0. The smallest absolute Gasteiger partial charge is 0.338 e. The van der Waals surface area contributed by atoms with E-state index in [0.717, 1.165) is 4.47 Å². The average Bonchev–Trinajstić information content (AvgIpc) is 2.67. The van der Waals surface area contributed by atoms with E-state index >= 15 is 0 Å². The molecule has 0 aromatic heterocycles. The molecule has 0 unspecified atom stereocenters. The molecule has 2 aromatic carbocycles. The van der Waals surface area contributed by atoms with Crippen molar-refractivity contribution >= 4 is 27.7 Å². The molecule has 2 rings (SSSR count). The fourth-order valence-electron chi connectivity index (χ4n) is 2.04. The van der Waals surface area contributed by atoms with Gasteiger partial charge in [0.05, 0.1) is 5.56 Å². The number of carbonyl (C=O) groups is 2. The second-order valence-electron chi connectivity index (χ2n) is 4.97. The lowest BCUT2D eigenvalue weighted by molar-refractivity contribution is 0.0401. The van der Waals surface area contributed by atoms with Crippen molar-refractivity contribution in [3.05, 3.63) is 91.1 Å². The van der Waals surface area contributed by atoms with Crippen LogP contribution in [0.15, 0.2) is 69.3 Å². The highest BCUT2D eigenvalue weighted by Gasteiger charge is 2.39. The minimum Gasteiger partial charge on any atom is -0.461 e. The van der Waals surface area contributed by atoms with Crippen molar-refractivity contribution in [1.29, 1.82) is 0 Å². The van der Waals surface area contributed by atoms with Crippen molar-refractivity contribution in [2.45, 2.75) is 5.66 Å². The highest BCUT2D eigenvalue weighted by Crippen LogP contribution is 2.23. The van der Waals surface area contributed by atoms with E-state index in [1.165, 1.54) is 24.3 Å². The average molecular weight is 415 g/mol. The molecule has 0 aliphatic rings. The number of ketones is 1. The van der Waals surface area contributed by atoms with Crippen LogP contribution in [0.5, 0.6) is 0 Å². The van der Waals surface area contributed by atoms with Crippen LogP contribution in [0.1, 0.15) is 20.7 Å². The van der Waals surface area contributed by atoms with Gasteiger partial charge in [-0.2, -0.15) is 0 Å². The molecule has 0 radical (unpaired) electrons. The number of ether oxygens (including phenoxy) is 1. The van der Waals surface area contributed by atoms with Crippen LogP contribution >= 0.6 is 15.9 Å². The third kappa shape index (κ3) is 4.40. The quantitative estimate of drug-likeness (QED) is 0.211. The van der Waals surface area contributed by atoms with Gasteiger partial charge in [0.2, 0.25) is 5.66 Å². The second-order valence-corrected chi connectivity index (χ2v) is 5.89. The first-order chi connectivity index (χ1) is 12.5. The van der Waals surface area contributed by atoms with E-state index in [0.29, 0.717) is 0 Å². The topological polar surface area (TPSA) is 141 Å².